The zero-order valence-electron chi connectivity index (χ0n) is 13.7. The predicted molar refractivity (Wildman–Crippen MR) is 103 cm³/mol. The molecule has 2 aromatic carbocycles. The molecule has 2 N–H and O–H groups in total. The van der Waals surface area contributed by atoms with Crippen LogP contribution in [0.3, 0.4) is 0 Å². The van der Waals surface area contributed by atoms with Crippen molar-refractivity contribution in [1.82, 2.24) is 9.97 Å². The van der Waals surface area contributed by atoms with Gasteiger partial charge >= 0.3 is 0 Å². The monoisotopic (exact) mass is 347 g/mol. The molecule has 4 aromatic rings. The van der Waals surface area contributed by atoms with E-state index in [-0.39, 0.29) is 0 Å². The number of nitrogens with zero attached hydrogens (tertiary/aromatic N) is 2. The molecule has 2 aromatic heterocycles. The fourth-order valence-electron chi connectivity index (χ4n) is 2.70. The summed E-state index contributed by atoms with van der Waals surface area (Å²) in [6.07, 6.45) is -0.509. The molecule has 124 valence electrons. The molecule has 0 aliphatic carbocycles. The first-order chi connectivity index (χ1) is 12.2. The van der Waals surface area contributed by atoms with Crippen LogP contribution in [0.25, 0.3) is 21.6 Å². The van der Waals surface area contributed by atoms with Gasteiger partial charge in [-0.3, -0.25) is 0 Å². The van der Waals surface area contributed by atoms with Gasteiger partial charge in [0.1, 0.15) is 5.82 Å². The third kappa shape index (κ3) is 3.24. The van der Waals surface area contributed by atoms with E-state index in [1.807, 2.05) is 66.0 Å². The summed E-state index contributed by atoms with van der Waals surface area (Å²) in [5.74, 6) is 1.47. The maximum absolute atomic E-state index is 9.80. The highest BCUT2D eigenvalue weighted by Crippen LogP contribution is 2.29. The van der Waals surface area contributed by atoms with E-state index in [1.54, 1.807) is 18.3 Å². The maximum Gasteiger partial charge on any atom is 0.172 e. The largest absolute Gasteiger partial charge is 0.389 e. The highest BCUT2D eigenvalue weighted by molar-refractivity contribution is 7.13. The summed E-state index contributed by atoms with van der Waals surface area (Å²) in [6.45, 7) is 1.76. The smallest absolute Gasteiger partial charge is 0.172 e. The van der Waals surface area contributed by atoms with Crippen LogP contribution in [0.4, 0.5) is 11.5 Å². The quantitative estimate of drug-likeness (QED) is 0.536. The molecule has 0 radical (unpaired) electrons. The Kier molecular flexibility index (Phi) is 4.17. The van der Waals surface area contributed by atoms with E-state index in [9.17, 15) is 5.11 Å². The standard InChI is InChI=1S/C20H17N3OS/c1-13(24)14-6-4-7-15(12-14)21-19-16-8-2-3-9-17(16)22-20(23-19)18-10-5-11-25-18/h2-13,24H,1H3,(H,21,22,23). The number of hydrogen-bond acceptors (Lipinski definition) is 5. The summed E-state index contributed by atoms with van der Waals surface area (Å²) < 4.78 is 0. The molecule has 0 amide bonds. The molecule has 0 bridgehead atoms. The van der Waals surface area contributed by atoms with Gasteiger partial charge in [0, 0.05) is 11.1 Å². The van der Waals surface area contributed by atoms with E-state index in [2.05, 4.69) is 10.3 Å². The lowest BCUT2D eigenvalue weighted by molar-refractivity contribution is 0.199. The lowest BCUT2D eigenvalue weighted by atomic mass is 10.1. The Bertz CT molecular complexity index is 1010. The summed E-state index contributed by atoms with van der Waals surface area (Å²) in [5.41, 5.74) is 2.65. The highest BCUT2D eigenvalue weighted by Gasteiger charge is 2.11. The average molecular weight is 347 g/mol. The van der Waals surface area contributed by atoms with Gasteiger partial charge in [-0.2, -0.15) is 0 Å². The van der Waals surface area contributed by atoms with Crippen LogP contribution in [0, 0.1) is 0 Å². The van der Waals surface area contributed by atoms with Crippen LogP contribution in [0.1, 0.15) is 18.6 Å². The molecule has 1 unspecified atom stereocenters. The Morgan fingerprint density at radius 3 is 2.68 bits per heavy atom. The van der Waals surface area contributed by atoms with Crippen molar-refractivity contribution in [1.29, 1.82) is 0 Å². The second-order valence-electron chi connectivity index (χ2n) is 5.82. The molecule has 0 saturated heterocycles. The summed E-state index contributed by atoms with van der Waals surface area (Å²) >= 11 is 1.62. The van der Waals surface area contributed by atoms with Gasteiger partial charge in [0.05, 0.1) is 16.5 Å². The molecular weight excluding hydrogens is 330 g/mol. The van der Waals surface area contributed by atoms with E-state index in [0.29, 0.717) is 5.82 Å². The number of anilines is 2. The zero-order chi connectivity index (χ0) is 17.2. The summed E-state index contributed by atoms with van der Waals surface area (Å²) in [7, 11) is 0. The molecule has 2 heterocycles. The molecule has 0 aliphatic heterocycles. The van der Waals surface area contributed by atoms with Crippen molar-refractivity contribution in [3.8, 4) is 10.7 Å². The number of nitrogens with one attached hydrogen (secondary N) is 1. The lowest BCUT2D eigenvalue weighted by Gasteiger charge is -2.12. The van der Waals surface area contributed by atoms with E-state index in [4.69, 9.17) is 4.98 Å². The SMILES string of the molecule is CC(O)c1cccc(Nc2nc(-c3cccs3)nc3ccccc23)c1. The number of hydrogen-bond donors (Lipinski definition) is 2. The molecule has 0 aliphatic rings. The van der Waals surface area contributed by atoms with Gasteiger partial charge in [0.15, 0.2) is 5.82 Å². The lowest BCUT2D eigenvalue weighted by Crippen LogP contribution is -2.00. The molecule has 5 heteroatoms. The van der Waals surface area contributed by atoms with Crippen molar-refractivity contribution >= 4 is 33.7 Å². The van der Waals surface area contributed by atoms with Crippen LogP contribution >= 0.6 is 11.3 Å². The van der Waals surface area contributed by atoms with Crippen molar-refractivity contribution in [3.63, 3.8) is 0 Å². The van der Waals surface area contributed by atoms with Gasteiger partial charge in [-0.25, -0.2) is 9.97 Å². The minimum Gasteiger partial charge on any atom is -0.389 e. The fourth-order valence-corrected chi connectivity index (χ4v) is 3.36. The summed E-state index contributed by atoms with van der Waals surface area (Å²) in [6, 6.07) is 19.7. The Morgan fingerprint density at radius 2 is 1.88 bits per heavy atom. The Labute approximate surface area is 149 Å². The van der Waals surface area contributed by atoms with Crippen molar-refractivity contribution < 1.29 is 5.11 Å². The van der Waals surface area contributed by atoms with Gasteiger partial charge in [-0.15, -0.1) is 11.3 Å². The average Bonchev–Trinajstić information content (AvgIpc) is 3.16. The van der Waals surface area contributed by atoms with Crippen LogP contribution in [0.2, 0.25) is 0 Å². The van der Waals surface area contributed by atoms with Gasteiger partial charge < -0.3 is 10.4 Å². The molecule has 25 heavy (non-hydrogen) atoms. The molecule has 4 nitrogen and oxygen atoms in total. The molecule has 0 fully saturated rings. The fraction of sp³-hybridized carbons (Fsp3) is 0.100. The maximum atomic E-state index is 9.80. The minimum absolute atomic E-state index is 0.509. The number of benzene rings is 2. The normalized spacial score (nSPS) is 12.2. The van der Waals surface area contributed by atoms with Gasteiger partial charge in [0.2, 0.25) is 0 Å². The Morgan fingerprint density at radius 1 is 1.00 bits per heavy atom. The van der Waals surface area contributed by atoms with Crippen molar-refractivity contribution in [2.24, 2.45) is 0 Å². The number of aliphatic hydroxyl groups is 1. The second-order valence-corrected chi connectivity index (χ2v) is 6.76. The third-order valence-electron chi connectivity index (χ3n) is 3.98. The number of thiophene rings is 1. The van der Waals surface area contributed by atoms with Crippen LogP contribution in [-0.2, 0) is 0 Å². The number of aromatic nitrogens is 2. The van der Waals surface area contributed by atoms with Gasteiger partial charge in [-0.1, -0.05) is 30.3 Å². The Hall–Kier alpha value is -2.76. The summed E-state index contributed by atoms with van der Waals surface area (Å²) in [4.78, 5) is 10.5. The van der Waals surface area contributed by atoms with Crippen LogP contribution in [-0.4, -0.2) is 15.1 Å². The number of para-hydroxylation sites is 1. The van der Waals surface area contributed by atoms with Gasteiger partial charge in [0.25, 0.3) is 0 Å². The summed E-state index contributed by atoms with van der Waals surface area (Å²) in [5, 5.41) is 16.2. The first-order valence-corrected chi connectivity index (χ1v) is 8.94. The molecule has 0 saturated carbocycles. The molecule has 4 rings (SSSR count). The highest BCUT2D eigenvalue weighted by atomic mass is 32.1. The topological polar surface area (TPSA) is 58.0 Å². The van der Waals surface area contributed by atoms with E-state index >= 15 is 0 Å². The zero-order valence-corrected chi connectivity index (χ0v) is 14.5. The van der Waals surface area contributed by atoms with Crippen LogP contribution < -0.4 is 5.32 Å². The first kappa shape index (κ1) is 15.7. The number of rotatable bonds is 4. The molecule has 1 atom stereocenters. The number of aliphatic hydroxyl groups excluding tert-OH is 1. The first-order valence-electron chi connectivity index (χ1n) is 8.06. The predicted octanol–water partition coefficient (Wildman–Crippen LogP) is 5.16. The van der Waals surface area contributed by atoms with E-state index < -0.39 is 6.10 Å². The van der Waals surface area contributed by atoms with Crippen molar-refractivity contribution in [3.05, 3.63) is 71.6 Å². The minimum atomic E-state index is -0.509. The third-order valence-corrected chi connectivity index (χ3v) is 4.84. The number of fused-ring (bicyclic) bond motifs is 1. The van der Waals surface area contributed by atoms with E-state index in [1.165, 1.54) is 0 Å². The molecule has 0 spiro atoms. The Balaban J connectivity index is 1.81. The molecular formula is C20H17N3OS. The van der Waals surface area contributed by atoms with Crippen molar-refractivity contribution in [2.75, 3.05) is 5.32 Å². The van der Waals surface area contributed by atoms with Crippen LogP contribution in [0.5, 0.6) is 0 Å². The van der Waals surface area contributed by atoms with Gasteiger partial charge in [-0.05, 0) is 48.2 Å². The van der Waals surface area contributed by atoms with E-state index in [0.717, 1.165) is 32.8 Å². The van der Waals surface area contributed by atoms with Crippen LogP contribution in [0.15, 0.2) is 66.0 Å². The van der Waals surface area contributed by atoms with Crippen molar-refractivity contribution in [2.45, 2.75) is 13.0 Å². The second kappa shape index (κ2) is 6.63.